The highest BCUT2D eigenvalue weighted by Gasteiger charge is 2.39. The molecule has 2 aliphatic rings. The van der Waals surface area contributed by atoms with Crippen molar-refractivity contribution in [2.45, 2.75) is 43.9 Å². The fraction of sp³-hybridized carbons (Fsp3) is 0.191. The van der Waals surface area contributed by atoms with Crippen LogP contribution in [0, 0.1) is 23.3 Å². The van der Waals surface area contributed by atoms with Gasteiger partial charge in [-0.1, -0.05) is 19.1 Å². The number of halogens is 4. The van der Waals surface area contributed by atoms with E-state index in [1.54, 1.807) is 18.2 Å². The molecule has 2 aromatic heterocycles. The molecule has 1 saturated carbocycles. The van der Waals surface area contributed by atoms with E-state index in [-0.39, 0.29) is 81.6 Å². The van der Waals surface area contributed by atoms with Gasteiger partial charge in [-0.15, -0.1) is 0 Å². The lowest BCUT2D eigenvalue weighted by atomic mass is 9.97. The summed E-state index contributed by atoms with van der Waals surface area (Å²) >= 11 is 0. The molecule has 2 fully saturated rings. The molecule has 6 N–H and O–H groups in total. The van der Waals surface area contributed by atoms with E-state index < -0.39 is 47.1 Å². The Kier molecular flexibility index (Phi) is 13.1. The molecule has 0 radical (unpaired) electrons. The van der Waals surface area contributed by atoms with Crippen molar-refractivity contribution in [1.29, 1.82) is 0 Å². The first-order chi connectivity index (χ1) is 31.7. The predicted octanol–water partition coefficient (Wildman–Crippen LogP) is 10.4. The van der Waals surface area contributed by atoms with Crippen molar-refractivity contribution in [1.82, 2.24) is 9.97 Å². The van der Waals surface area contributed by atoms with Crippen molar-refractivity contribution in [2.75, 3.05) is 45.1 Å². The molecule has 1 aliphatic heterocycles. The van der Waals surface area contributed by atoms with E-state index in [0.29, 0.717) is 13.2 Å². The number of carbonyl (C=O) groups is 4. The molecule has 0 spiro atoms. The minimum Gasteiger partial charge on any atom is -0.457 e. The number of pyridine rings is 2. The minimum absolute atomic E-state index is 0.0197. The molecule has 19 heteroatoms. The van der Waals surface area contributed by atoms with Gasteiger partial charge in [0.25, 0.3) is 0 Å². The summed E-state index contributed by atoms with van der Waals surface area (Å²) in [6.45, 7) is 3.06. The maximum Gasteiger partial charge on any atom is 0.323 e. The lowest BCUT2D eigenvalue weighted by Crippen LogP contribution is -2.25. The molecule has 3 heterocycles. The number of urea groups is 2. The summed E-state index contributed by atoms with van der Waals surface area (Å²) < 4.78 is 75.4. The third-order valence-corrected chi connectivity index (χ3v) is 10.7. The highest BCUT2D eigenvalue weighted by molar-refractivity contribution is 6.01. The summed E-state index contributed by atoms with van der Waals surface area (Å²) in [5.74, 6) is -3.25. The van der Waals surface area contributed by atoms with Gasteiger partial charge in [-0.05, 0) is 90.0 Å². The number of carbonyl (C=O) groups excluding carboxylic acids is 4. The van der Waals surface area contributed by atoms with Gasteiger partial charge in [-0.2, -0.15) is 0 Å². The average molecular weight is 905 g/mol. The molecule has 15 nitrogen and oxygen atoms in total. The fourth-order valence-electron chi connectivity index (χ4n) is 6.66. The van der Waals surface area contributed by atoms with Gasteiger partial charge in [0.1, 0.15) is 57.9 Å². The van der Waals surface area contributed by atoms with Gasteiger partial charge in [0, 0.05) is 55.4 Å². The summed E-state index contributed by atoms with van der Waals surface area (Å²) in [6, 6.07) is 20.3. The third-order valence-electron chi connectivity index (χ3n) is 10.7. The van der Waals surface area contributed by atoms with E-state index in [2.05, 4.69) is 48.8 Å². The van der Waals surface area contributed by atoms with E-state index in [4.69, 9.17) is 14.2 Å². The first kappa shape index (κ1) is 44.5. The largest absolute Gasteiger partial charge is 0.457 e. The number of hydrogen-bond acceptors (Lipinski definition) is 9. The number of aromatic nitrogens is 2. The molecule has 0 bridgehead atoms. The summed E-state index contributed by atoms with van der Waals surface area (Å²) in [4.78, 5) is 58.8. The van der Waals surface area contributed by atoms with E-state index in [0.717, 1.165) is 36.1 Å². The molecule has 8 rings (SSSR count). The van der Waals surface area contributed by atoms with Crippen LogP contribution in [0.2, 0.25) is 0 Å². The standard InChI is InChI=1S/C47H40F4N8O7/c1-47(14-15-47)28-3-7-34(49)40(19-28)57-46(63)55-38-9-5-30(21-36(38)51)66-32-13-17-53-42(23-32)59-44(61)11-10-43(60)58-41-22-31(12-16-52-41)65-29-4-8-37(35(50)20-29)54-45(62)56-39-18-26(2-6-33(39)48)27-24-64-25-27/h2-9,12-13,16-23,27H,10-11,14-15,24-25H2,1H3,(H,52,58,60)(H,53,59,61)(H2,54,56,62)(H2,55,57,63). The van der Waals surface area contributed by atoms with Gasteiger partial charge in [0.15, 0.2) is 0 Å². The lowest BCUT2D eigenvalue weighted by molar-refractivity contribution is -0.121. The number of hydrogen-bond donors (Lipinski definition) is 6. The van der Waals surface area contributed by atoms with Gasteiger partial charge in [-0.3, -0.25) is 9.59 Å². The highest BCUT2D eigenvalue weighted by Crippen LogP contribution is 2.48. The summed E-state index contributed by atoms with van der Waals surface area (Å²) in [6.07, 6.45) is 4.14. The predicted molar refractivity (Wildman–Crippen MR) is 236 cm³/mol. The Bertz CT molecular complexity index is 2840. The fourth-order valence-corrected chi connectivity index (χ4v) is 6.66. The van der Waals surface area contributed by atoms with Crippen molar-refractivity contribution in [3.63, 3.8) is 0 Å². The second-order valence-electron chi connectivity index (χ2n) is 15.7. The van der Waals surface area contributed by atoms with Crippen LogP contribution in [0.4, 0.5) is 61.5 Å². The van der Waals surface area contributed by atoms with Crippen molar-refractivity contribution in [3.8, 4) is 23.0 Å². The molecule has 338 valence electrons. The van der Waals surface area contributed by atoms with Crippen LogP contribution in [0.15, 0.2) is 109 Å². The molecular formula is C47H40F4N8O7. The Morgan fingerprint density at radius 2 is 1.03 bits per heavy atom. The van der Waals surface area contributed by atoms with Crippen molar-refractivity contribution in [3.05, 3.63) is 144 Å². The number of rotatable bonds is 15. The van der Waals surface area contributed by atoms with Crippen LogP contribution >= 0.6 is 0 Å². The van der Waals surface area contributed by atoms with E-state index in [9.17, 15) is 32.3 Å². The normalized spacial score (nSPS) is 13.7. The first-order valence-corrected chi connectivity index (χ1v) is 20.6. The van der Waals surface area contributed by atoms with Gasteiger partial charge in [-0.25, -0.2) is 37.1 Å². The van der Waals surface area contributed by atoms with Gasteiger partial charge in [0.05, 0.1) is 36.0 Å². The van der Waals surface area contributed by atoms with Crippen LogP contribution in [0.3, 0.4) is 0 Å². The summed E-state index contributed by atoms with van der Waals surface area (Å²) in [5.41, 5.74) is 1.22. The second kappa shape index (κ2) is 19.4. The number of amides is 6. The molecule has 1 aliphatic carbocycles. The Morgan fingerprint density at radius 1 is 0.561 bits per heavy atom. The topological polar surface area (TPSA) is 194 Å². The molecule has 66 heavy (non-hydrogen) atoms. The Hall–Kier alpha value is -8.06. The molecule has 6 aromatic rings. The van der Waals surface area contributed by atoms with Gasteiger partial charge < -0.3 is 46.1 Å². The molecule has 4 aromatic carbocycles. The zero-order valence-corrected chi connectivity index (χ0v) is 35.0. The quantitative estimate of drug-likeness (QED) is 0.0544. The summed E-state index contributed by atoms with van der Waals surface area (Å²) in [5, 5.41) is 14.7. The number of nitrogens with zero attached hydrogens (tertiary/aromatic N) is 2. The van der Waals surface area contributed by atoms with E-state index in [1.807, 2.05) is 0 Å². The van der Waals surface area contributed by atoms with E-state index in [1.165, 1.54) is 79.1 Å². The van der Waals surface area contributed by atoms with Crippen molar-refractivity contribution in [2.24, 2.45) is 0 Å². The van der Waals surface area contributed by atoms with Gasteiger partial charge in [0.2, 0.25) is 11.8 Å². The Morgan fingerprint density at radius 3 is 1.50 bits per heavy atom. The van der Waals surface area contributed by atoms with Crippen LogP contribution in [0.25, 0.3) is 0 Å². The number of benzene rings is 4. The maximum atomic E-state index is 15.0. The van der Waals surface area contributed by atoms with E-state index >= 15 is 4.39 Å². The second-order valence-corrected chi connectivity index (χ2v) is 15.7. The number of nitrogens with one attached hydrogen (secondary N) is 6. The molecule has 0 unspecified atom stereocenters. The van der Waals surface area contributed by atoms with Crippen molar-refractivity contribution < 1.29 is 51.0 Å². The SMILES string of the molecule is CC1(c2ccc(F)c(NC(=O)Nc3ccc(Oc4ccnc(NC(=O)CCC(=O)Nc5cc(Oc6ccc(NC(=O)Nc7cc(C8COC8)ccc7F)c(F)c6)ccn5)c4)cc3F)c2)CC1. The van der Waals surface area contributed by atoms with Crippen LogP contribution < -0.4 is 41.4 Å². The highest BCUT2D eigenvalue weighted by atomic mass is 19.1. The first-order valence-electron chi connectivity index (χ1n) is 20.6. The van der Waals surface area contributed by atoms with Crippen LogP contribution in [-0.2, 0) is 19.7 Å². The lowest BCUT2D eigenvalue weighted by Gasteiger charge is -2.26. The smallest absolute Gasteiger partial charge is 0.323 e. The van der Waals surface area contributed by atoms with Crippen LogP contribution in [0.5, 0.6) is 23.0 Å². The number of ether oxygens (including phenoxy) is 3. The molecular weight excluding hydrogens is 865 g/mol. The van der Waals surface area contributed by atoms with Crippen LogP contribution in [-0.4, -0.2) is 47.1 Å². The molecule has 1 saturated heterocycles. The zero-order chi connectivity index (χ0) is 46.4. The third kappa shape index (κ3) is 11.4. The Balaban J connectivity index is 0.775. The number of anilines is 6. The Labute approximate surface area is 374 Å². The summed E-state index contributed by atoms with van der Waals surface area (Å²) in [7, 11) is 0. The van der Waals surface area contributed by atoms with Crippen molar-refractivity contribution >= 4 is 58.3 Å². The zero-order valence-electron chi connectivity index (χ0n) is 35.0. The molecule has 0 atom stereocenters. The van der Waals surface area contributed by atoms with Gasteiger partial charge >= 0.3 is 12.1 Å². The average Bonchev–Trinajstić information content (AvgIpc) is 4.01. The minimum atomic E-state index is -0.856. The molecule has 6 amide bonds. The maximum absolute atomic E-state index is 15.0. The monoisotopic (exact) mass is 904 g/mol. The van der Waals surface area contributed by atoms with Crippen LogP contribution in [0.1, 0.15) is 49.7 Å².